The Morgan fingerprint density at radius 3 is 2.67 bits per heavy atom. The molecule has 2 aliphatic rings. The van der Waals surface area contributed by atoms with Crippen LogP contribution in [0.1, 0.15) is 26.2 Å². The summed E-state index contributed by atoms with van der Waals surface area (Å²) in [6.45, 7) is 3.88. The van der Waals surface area contributed by atoms with E-state index in [-0.39, 0.29) is 43.1 Å². The van der Waals surface area contributed by atoms with Gasteiger partial charge in [-0.1, -0.05) is 18.5 Å². The molecule has 0 aromatic heterocycles. The maximum Gasteiger partial charge on any atom is 0.329 e. The normalized spacial score (nSPS) is 25.0. The Morgan fingerprint density at radius 2 is 2.00 bits per heavy atom. The third-order valence-corrected chi connectivity index (χ3v) is 5.15. The fourth-order valence-corrected chi connectivity index (χ4v) is 3.47. The van der Waals surface area contributed by atoms with Crippen LogP contribution in [0.4, 0.5) is 10.5 Å². The molecule has 1 aromatic rings. The van der Waals surface area contributed by atoms with Crippen molar-refractivity contribution in [2.45, 2.75) is 38.3 Å². The molecule has 0 saturated carbocycles. The van der Waals surface area contributed by atoms with E-state index in [2.05, 4.69) is 22.9 Å². The third-order valence-electron chi connectivity index (χ3n) is 4.90. The monoisotopic (exact) mass is 414 g/mol. The highest BCUT2D eigenvalue weighted by Gasteiger charge is 2.39. The van der Waals surface area contributed by atoms with Crippen molar-refractivity contribution in [3.8, 4) is 0 Å². The molecule has 0 aliphatic carbocycles. The average Bonchev–Trinajstić information content (AvgIpc) is 2.90. The molecule has 0 spiro atoms. The van der Waals surface area contributed by atoms with Gasteiger partial charge in [0, 0.05) is 17.5 Å². The summed E-state index contributed by atoms with van der Waals surface area (Å²) >= 11 is 5.84. The van der Waals surface area contributed by atoms with Crippen molar-refractivity contribution in [1.82, 2.24) is 16.0 Å². The second kappa shape index (κ2) is 9.39. The maximum atomic E-state index is 12.5. The van der Waals surface area contributed by atoms with Crippen LogP contribution < -0.4 is 20.9 Å². The molecule has 3 atom stereocenters. The second-order valence-electron chi connectivity index (χ2n) is 6.83. The minimum absolute atomic E-state index is 0. The third kappa shape index (κ3) is 5.12. The van der Waals surface area contributed by atoms with Gasteiger partial charge >= 0.3 is 6.03 Å². The lowest BCUT2D eigenvalue weighted by molar-refractivity contribution is -0.122. The Hall–Kier alpha value is -1.83. The molecular formula is C18H24Cl2N4O3. The summed E-state index contributed by atoms with van der Waals surface area (Å²) in [5.41, 5.74) is 0.465. The largest absolute Gasteiger partial charge is 0.353 e. The molecule has 3 N–H and O–H groups in total. The standard InChI is InChI=1S/C18H23ClN4O3.ClH/c1-11-10-20-9-8-14(11)21-16(24)7-6-15-17(25)23(18(26)22-15)13-4-2-12(19)3-5-13;/h2-5,11,14-15,20H,6-10H2,1H3,(H,21,24)(H,22,26);1H. The molecule has 0 radical (unpaired) electrons. The van der Waals surface area contributed by atoms with Crippen LogP contribution in [-0.2, 0) is 9.59 Å². The van der Waals surface area contributed by atoms with Crippen LogP contribution in [0, 0.1) is 5.92 Å². The van der Waals surface area contributed by atoms with Gasteiger partial charge < -0.3 is 16.0 Å². The van der Waals surface area contributed by atoms with Crippen molar-refractivity contribution in [3.63, 3.8) is 0 Å². The highest BCUT2D eigenvalue weighted by Crippen LogP contribution is 2.23. The number of hydrogen-bond donors (Lipinski definition) is 3. The van der Waals surface area contributed by atoms with Crippen molar-refractivity contribution >= 4 is 47.5 Å². The first-order valence-electron chi connectivity index (χ1n) is 8.86. The van der Waals surface area contributed by atoms with Gasteiger partial charge in [0.05, 0.1) is 5.69 Å². The van der Waals surface area contributed by atoms with Gasteiger partial charge in [0.2, 0.25) is 5.91 Å². The fraction of sp³-hybridized carbons (Fsp3) is 0.500. The minimum Gasteiger partial charge on any atom is -0.353 e. The zero-order valence-corrected chi connectivity index (χ0v) is 16.6. The number of carbonyl (C=O) groups is 3. The number of imide groups is 1. The van der Waals surface area contributed by atoms with Crippen LogP contribution in [-0.4, -0.2) is 43.0 Å². The molecule has 2 aliphatic heterocycles. The van der Waals surface area contributed by atoms with Crippen molar-refractivity contribution in [3.05, 3.63) is 29.3 Å². The van der Waals surface area contributed by atoms with Gasteiger partial charge in [0.1, 0.15) is 6.04 Å². The molecular weight excluding hydrogens is 391 g/mol. The molecule has 3 unspecified atom stereocenters. The van der Waals surface area contributed by atoms with Gasteiger partial charge in [-0.3, -0.25) is 9.59 Å². The van der Waals surface area contributed by atoms with Crippen molar-refractivity contribution in [1.29, 1.82) is 0 Å². The van der Waals surface area contributed by atoms with Gasteiger partial charge in [0.25, 0.3) is 5.91 Å². The van der Waals surface area contributed by atoms with Crippen LogP contribution in [0.25, 0.3) is 0 Å². The quantitative estimate of drug-likeness (QED) is 0.643. The predicted molar refractivity (Wildman–Crippen MR) is 106 cm³/mol. The SMILES string of the molecule is CC1CNCCC1NC(=O)CCC1NC(=O)N(c2ccc(Cl)cc2)C1=O.Cl. The summed E-state index contributed by atoms with van der Waals surface area (Å²) in [5, 5.41) is 9.51. The van der Waals surface area contributed by atoms with Gasteiger partial charge in [-0.25, -0.2) is 9.69 Å². The number of nitrogens with one attached hydrogen (secondary N) is 3. The van der Waals surface area contributed by atoms with Gasteiger partial charge in [0.15, 0.2) is 0 Å². The molecule has 27 heavy (non-hydrogen) atoms. The number of benzene rings is 1. The minimum atomic E-state index is -0.686. The fourth-order valence-electron chi connectivity index (χ4n) is 3.34. The van der Waals surface area contributed by atoms with Crippen molar-refractivity contribution < 1.29 is 14.4 Å². The maximum absolute atomic E-state index is 12.5. The molecule has 9 heteroatoms. The highest BCUT2D eigenvalue weighted by molar-refractivity contribution is 6.30. The molecule has 2 fully saturated rings. The summed E-state index contributed by atoms with van der Waals surface area (Å²) in [6, 6.07) is 5.48. The lowest BCUT2D eigenvalue weighted by atomic mass is 9.95. The number of hydrogen-bond acceptors (Lipinski definition) is 4. The second-order valence-corrected chi connectivity index (χ2v) is 7.27. The Kier molecular flexibility index (Phi) is 7.47. The lowest BCUT2D eigenvalue weighted by Crippen LogP contribution is -2.48. The number of piperidine rings is 1. The Bertz CT molecular complexity index is 698. The summed E-state index contributed by atoms with van der Waals surface area (Å²) < 4.78 is 0. The van der Waals surface area contributed by atoms with Crippen LogP contribution in [0.3, 0.4) is 0 Å². The zero-order chi connectivity index (χ0) is 18.7. The number of rotatable bonds is 5. The van der Waals surface area contributed by atoms with Gasteiger partial charge in [-0.2, -0.15) is 0 Å². The van der Waals surface area contributed by atoms with E-state index in [1.165, 1.54) is 0 Å². The molecule has 148 valence electrons. The number of amides is 4. The first-order valence-corrected chi connectivity index (χ1v) is 9.23. The van der Waals surface area contributed by atoms with Crippen molar-refractivity contribution in [2.75, 3.05) is 18.0 Å². The summed E-state index contributed by atoms with van der Waals surface area (Å²) in [6.07, 6.45) is 1.37. The van der Waals surface area contributed by atoms with Gasteiger partial charge in [-0.05, 0) is 56.1 Å². The molecule has 0 bridgehead atoms. The van der Waals surface area contributed by atoms with Crippen molar-refractivity contribution in [2.24, 2.45) is 5.92 Å². The summed E-state index contributed by atoms with van der Waals surface area (Å²) in [7, 11) is 0. The number of halogens is 2. The van der Waals surface area contributed by atoms with E-state index in [0.29, 0.717) is 16.6 Å². The van der Waals surface area contributed by atoms with E-state index in [1.807, 2.05) is 0 Å². The molecule has 2 saturated heterocycles. The molecule has 1 aromatic carbocycles. The first kappa shape index (κ1) is 21.5. The average molecular weight is 415 g/mol. The Balaban J connectivity index is 0.00000261. The number of urea groups is 1. The smallest absolute Gasteiger partial charge is 0.329 e. The first-order chi connectivity index (χ1) is 12.5. The van der Waals surface area contributed by atoms with E-state index in [0.717, 1.165) is 24.4 Å². The van der Waals surface area contributed by atoms with Crippen LogP contribution in [0.2, 0.25) is 5.02 Å². The molecule has 7 nitrogen and oxygen atoms in total. The summed E-state index contributed by atoms with van der Waals surface area (Å²) in [5.74, 6) is -0.0583. The Morgan fingerprint density at radius 1 is 1.30 bits per heavy atom. The van der Waals surface area contributed by atoms with E-state index in [9.17, 15) is 14.4 Å². The number of anilines is 1. The van der Waals surface area contributed by atoms with Crippen LogP contribution in [0.15, 0.2) is 24.3 Å². The molecule has 2 heterocycles. The summed E-state index contributed by atoms with van der Waals surface area (Å²) in [4.78, 5) is 38.0. The molecule has 3 rings (SSSR count). The topological polar surface area (TPSA) is 90.5 Å². The lowest BCUT2D eigenvalue weighted by Gasteiger charge is -2.30. The molecule has 4 amide bonds. The van der Waals surface area contributed by atoms with E-state index < -0.39 is 12.1 Å². The van der Waals surface area contributed by atoms with Gasteiger partial charge in [-0.15, -0.1) is 12.4 Å². The Labute approximate surface area is 169 Å². The highest BCUT2D eigenvalue weighted by atomic mass is 35.5. The van der Waals surface area contributed by atoms with E-state index >= 15 is 0 Å². The zero-order valence-electron chi connectivity index (χ0n) is 15.0. The van der Waals surface area contributed by atoms with E-state index in [1.54, 1.807) is 24.3 Å². The van der Waals surface area contributed by atoms with E-state index in [4.69, 9.17) is 11.6 Å². The predicted octanol–water partition coefficient (Wildman–Crippen LogP) is 2.08. The number of carbonyl (C=O) groups excluding carboxylic acids is 3. The van der Waals surface area contributed by atoms with Crippen LogP contribution >= 0.6 is 24.0 Å². The van der Waals surface area contributed by atoms with Crippen LogP contribution in [0.5, 0.6) is 0 Å². The number of nitrogens with zero attached hydrogens (tertiary/aromatic N) is 1.